The smallest absolute Gasteiger partial charge is 0.223 e. The quantitative estimate of drug-likeness (QED) is 0.758. The molecule has 4 rings (SSSR count). The second-order valence-electron chi connectivity index (χ2n) is 7.72. The fraction of sp³-hybridized carbons (Fsp3) is 0.500. The SMILES string of the molecule is O=C(CCCOc1cccc(F)c1)N1CCc2nc(C3CCCNC3)ncc2C1. The van der Waals surface area contributed by atoms with E-state index < -0.39 is 0 Å². The molecule has 29 heavy (non-hydrogen) atoms. The highest BCUT2D eigenvalue weighted by Gasteiger charge is 2.24. The highest BCUT2D eigenvalue weighted by atomic mass is 19.1. The lowest BCUT2D eigenvalue weighted by Crippen LogP contribution is -2.37. The normalized spacial score (nSPS) is 18.9. The zero-order chi connectivity index (χ0) is 20.1. The predicted molar refractivity (Wildman–Crippen MR) is 107 cm³/mol. The highest BCUT2D eigenvalue weighted by Crippen LogP contribution is 2.23. The van der Waals surface area contributed by atoms with Gasteiger partial charge in [0.05, 0.1) is 12.3 Å². The van der Waals surface area contributed by atoms with Crippen molar-refractivity contribution >= 4 is 5.91 Å². The lowest BCUT2D eigenvalue weighted by atomic mass is 9.98. The minimum atomic E-state index is -0.323. The van der Waals surface area contributed by atoms with Crippen LogP contribution in [0.4, 0.5) is 4.39 Å². The average molecular weight is 398 g/mol. The molecular formula is C22H27FN4O2. The Balaban J connectivity index is 1.26. The first kappa shape index (κ1) is 19.8. The van der Waals surface area contributed by atoms with Crippen molar-refractivity contribution in [2.24, 2.45) is 0 Å². The Morgan fingerprint density at radius 3 is 3.14 bits per heavy atom. The van der Waals surface area contributed by atoms with Gasteiger partial charge in [0.15, 0.2) is 0 Å². The van der Waals surface area contributed by atoms with E-state index in [4.69, 9.17) is 9.72 Å². The molecule has 1 fully saturated rings. The Labute approximate surface area is 170 Å². The molecule has 7 heteroatoms. The summed E-state index contributed by atoms with van der Waals surface area (Å²) in [5, 5.41) is 3.41. The van der Waals surface area contributed by atoms with Crippen LogP contribution >= 0.6 is 0 Å². The monoisotopic (exact) mass is 398 g/mol. The fourth-order valence-corrected chi connectivity index (χ4v) is 3.94. The zero-order valence-corrected chi connectivity index (χ0v) is 16.6. The first-order chi connectivity index (χ1) is 14.2. The second kappa shape index (κ2) is 9.31. The Bertz CT molecular complexity index is 854. The van der Waals surface area contributed by atoms with Crippen molar-refractivity contribution in [2.75, 3.05) is 26.2 Å². The molecule has 1 saturated heterocycles. The van der Waals surface area contributed by atoms with Crippen molar-refractivity contribution in [1.82, 2.24) is 20.2 Å². The summed E-state index contributed by atoms with van der Waals surface area (Å²) in [5.74, 6) is 1.61. The Morgan fingerprint density at radius 1 is 1.38 bits per heavy atom. The van der Waals surface area contributed by atoms with E-state index >= 15 is 0 Å². The van der Waals surface area contributed by atoms with Gasteiger partial charge in [-0.15, -0.1) is 0 Å². The van der Waals surface area contributed by atoms with Gasteiger partial charge in [-0.2, -0.15) is 0 Å². The van der Waals surface area contributed by atoms with Crippen molar-refractivity contribution in [3.05, 3.63) is 53.4 Å². The predicted octanol–water partition coefficient (Wildman–Crippen LogP) is 2.83. The van der Waals surface area contributed by atoms with Gasteiger partial charge in [0.2, 0.25) is 5.91 Å². The van der Waals surface area contributed by atoms with Crippen LogP contribution in [0.25, 0.3) is 0 Å². The molecule has 2 aromatic rings. The molecule has 2 aliphatic heterocycles. The Kier molecular flexibility index (Phi) is 6.34. The number of amides is 1. The van der Waals surface area contributed by atoms with Crippen LogP contribution in [-0.4, -0.2) is 47.0 Å². The van der Waals surface area contributed by atoms with Gasteiger partial charge in [-0.1, -0.05) is 6.07 Å². The minimum Gasteiger partial charge on any atom is -0.493 e. The number of rotatable bonds is 6. The van der Waals surface area contributed by atoms with Crippen LogP contribution < -0.4 is 10.1 Å². The Hall–Kier alpha value is -2.54. The summed E-state index contributed by atoms with van der Waals surface area (Å²) < 4.78 is 18.7. The third-order valence-corrected chi connectivity index (χ3v) is 5.57. The van der Waals surface area contributed by atoms with Crippen LogP contribution in [0.2, 0.25) is 0 Å². The number of hydrogen-bond donors (Lipinski definition) is 1. The summed E-state index contributed by atoms with van der Waals surface area (Å²) in [7, 11) is 0. The van der Waals surface area contributed by atoms with Crippen LogP contribution in [0.15, 0.2) is 30.5 Å². The molecule has 1 unspecified atom stereocenters. The maximum absolute atomic E-state index is 13.1. The molecule has 3 heterocycles. The summed E-state index contributed by atoms with van der Waals surface area (Å²) >= 11 is 0. The average Bonchev–Trinajstić information content (AvgIpc) is 2.76. The molecule has 1 N–H and O–H groups in total. The number of nitrogens with zero attached hydrogens (tertiary/aromatic N) is 3. The summed E-state index contributed by atoms with van der Waals surface area (Å²) in [6, 6.07) is 6.05. The van der Waals surface area contributed by atoms with E-state index in [0.717, 1.165) is 49.4 Å². The number of fused-ring (bicyclic) bond motifs is 1. The maximum Gasteiger partial charge on any atom is 0.223 e. The maximum atomic E-state index is 13.1. The number of piperidine rings is 1. The van der Waals surface area contributed by atoms with Gasteiger partial charge in [0, 0.05) is 56.2 Å². The number of benzene rings is 1. The Morgan fingerprint density at radius 2 is 2.31 bits per heavy atom. The summed E-state index contributed by atoms with van der Waals surface area (Å²) in [4.78, 5) is 23.8. The number of carbonyl (C=O) groups excluding carboxylic acids is 1. The molecule has 0 bridgehead atoms. The van der Waals surface area contributed by atoms with Crippen molar-refractivity contribution in [2.45, 2.75) is 44.6 Å². The molecule has 1 aromatic heterocycles. The molecular weight excluding hydrogens is 371 g/mol. The largest absolute Gasteiger partial charge is 0.493 e. The molecule has 154 valence electrons. The van der Waals surface area contributed by atoms with Gasteiger partial charge in [0.1, 0.15) is 17.4 Å². The highest BCUT2D eigenvalue weighted by molar-refractivity contribution is 5.76. The summed E-state index contributed by atoms with van der Waals surface area (Å²) in [6.07, 6.45) is 5.99. The van der Waals surface area contributed by atoms with Crippen LogP contribution in [0, 0.1) is 5.82 Å². The molecule has 0 radical (unpaired) electrons. The number of carbonyl (C=O) groups is 1. The van der Waals surface area contributed by atoms with Crippen LogP contribution in [-0.2, 0) is 17.8 Å². The van der Waals surface area contributed by atoms with E-state index in [9.17, 15) is 9.18 Å². The molecule has 0 spiro atoms. The van der Waals surface area contributed by atoms with E-state index in [1.807, 2.05) is 11.1 Å². The third kappa shape index (κ3) is 5.09. The van der Waals surface area contributed by atoms with Crippen molar-refractivity contribution in [1.29, 1.82) is 0 Å². The number of ether oxygens (including phenoxy) is 1. The van der Waals surface area contributed by atoms with Crippen LogP contribution in [0.5, 0.6) is 5.75 Å². The van der Waals surface area contributed by atoms with Crippen molar-refractivity contribution in [3.63, 3.8) is 0 Å². The molecule has 0 aliphatic carbocycles. The summed E-state index contributed by atoms with van der Waals surface area (Å²) in [5.41, 5.74) is 2.13. The van der Waals surface area contributed by atoms with Crippen LogP contribution in [0.3, 0.4) is 0 Å². The zero-order valence-electron chi connectivity index (χ0n) is 16.6. The minimum absolute atomic E-state index is 0.110. The van der Waals surface area contributed by atoms with Gasteiger partial charge < -0.3 is 15.0 Å². The van der Waals surface area contributed by atoms with Gasteiger partial charge in [-0.25, -0.2) is 14.4 Å². The van der Waals surface area contributed by atoms with E-state index in [1.54, 1.807) is 12.1 Å². The van der Waals surface area contributed by atoms with Gasteiger partial charge in [-0.3, -0.25) is 4.79 Å². The van der Waals surface area contributed by atoms with E-state index in [0.29, 0.717) is 44.2 Å². The molecule has 6 nitrogen and oxygen atoms in total. The molecule has 1 atom stereocenters. The number of hydrogen-bond acceptors (Lipinski definition) is 5. The van der Waals surface area contributed by atoms with Crippen molar-refractivity contribution in [3.8, 4) is 5.75 Å². The molecule has 1 amide bonds. The van der Waals surface area contributed by atoms with Crippen LogP contribution in [0.1, 0.15) is 48.7 Å². The number of aromatic nitrogens is 2. The number of nitrogens with one attached hydrogen (secondary N) is 1. The fourth-order valence-electron chi connectivity index (χ4n) is 3.94. The molecule has 1 aromatic carbocycles. The van der Waals surface area contributed by atoms with Gasteiger partial charge in [-0.05, 0) is 37.9 Å². The topological polar surface area (TPSA) is 67.3 Å². The molecule has 0 saturated carbocycles. The summed E-state index contributed by atoms with van der Waals surface area (Å²) in [6.45, 7) is 3.67. The second-order valence-corrected chi connectivity index (χ2v) is 7.72. The van der Waals surface area contributed by atoms with E-state index in [1.165, 1.54) is 12.1 Å². The molecule has 2 aliphatic rings. The van der Waals surface area contributed by atoms with Gasteiger partial charge >= 0.3 is 0 Å². The first-order valence-electron chi connectivity index (χ1n) is 10.4. The first-order valence-corrected chi connectivity index (χ1v) is 10.4. The lowest BCUT2D eigenvalue weighted by Gasteiger charge is -2.29. The standard InChI is InChI=1S/C22H27FN4O2/c23-18-5-1-6-19(12-18)29-11-3-7-21(28)27-10-8-20-17(15-27)14-25-22(26-20)16-4-2-9-24-13-16/h1,5-6,12,14,16,24H,2-4,7-11,13,15H2. The van der Waals surface area contributed by atoms with Crippen molar-refractivity contribution < 1.29 is 13.9 Å². The lowest BCUT2D eigenvalue weighted by molar-refractivity contribution is -0.132. The van der Waals surface area contributed by atoms with E-state index in [2.05, 4.69) is 10.3 Å². The third-order valence-electron chi connectivity index (χ3n) is 5.57. The van der Waals surface area contributed by atoms with E-state index in [-0.39, 0.29) is 11.7 Å². The van der Waals surface area contributed by atoms with Gasteiger partial charge in [0.25, 0.3) is 0 Å². The number of halogens is 1.